The van der Waals surface area contributed by atoms with E-state index in [-0.39, 0.29) is 12.5 Å². The van der Waals surface area contributed by atoms with E-state index >= 15 is 0 Å². The van der Waals surface area contributed by atoms with Gasteiger partial charge in [0.05, 0.1) is 18.4 Å². The molecule has 0 saturated carbocycles. The molecule has 0 fully saturated rings. The number of allylic oxidation sites excluding steroid dienone is 1. The molecule has 1 aliphatic heterocycles. The van der Waals surface area contributed by atoms with Crippen molar-refractivity contribution in [1.82, 2.24) is 14.8 Å². The molecule has 1 atom stereocenters. The summed E-state index contributed by atoms with van der Waals surface area (Å²) in [4.78, 5) is 18.1. The van der Waals surface area contributed by atoms with Crippen LogP contribution in [0.25, 0.3) is 0 Å². The Morgan fingerprint density at radius 2 is 2.09 bits per heavy atom. The Hall–Kier alpha value is -3.17. The lowest BCUT2D eigenvalue weighted by Crippen LogP contribution is -2.31. The fraction of sp³-hybridized carbons (Fsp3) is 0.261. The summed E-state index contributed by atoms with van der Waals surface area (Å²) in [7, 11) is 1.57. The van der Waals surface area contributed by atoms with Gasteiger partial charge >= 0.3 is 0 Å². The maximum absolute atomic E-state index is 13.5. The van der Waals surface area contributed by atoms with E-state index in [2.05, 4.69) is 36.6 Å². The molecule has 0 bridgehead atoms. The number of carbonyl (C=O) groups excluding carboxylic acids is 1. The second-order valence-electron chi connectivity index (χ2n) is 7.40. The predicted octanol–water partition coefficient (Wildman–Crippen LogP) is 3.90. The maximum Gasteiger partial charge on any atom is 0.255 e. The van der Waals surface area contributed by atoms with Gasteiger partial charge in [-0.2, -0.15) is 10.1 Å². The predicted molar refractivity (Wildman–Crippen MR) is 126 cm³/mol. The number of hydrogen-bond acceptors (Lipinski definition) is 6. The smallest absolute Gasteiger partial charge is 0.255 e. The highest BCUT2D eigenvalue weighted by Gasteiger charge is 2.34. The van der Waals surface area contributed by atoms with Crippen LogP contribution in [0.4, 0.5) is 11.6 Å². The number of carbonyl (C=O) groups is 1. The standard InChI is InChI=1S/C23H24BrN5O3/c1-14-20(22(31)26-17-9-3-4-10-18(17)32-2)21(15-7-5-8-16(24)13-15)29-23(25-14)27-19(28-29)11-6-12-30/h3-5,7-10,13,21,30H,6,11-12H2,1-2H3,(H,26,31)(H,25,27,28). The minimum Gasteiger partial charge on any atom is -0.495 e. The van der Waals surface area contributed by atoms with E-state index in [4.69, 9.17) is 4.74 Å². The zero-order chi connectivity index (χ0) is 22.7. The Bertz CT molecular complexity index is 1170. The Balaban J connectivity index is 1.77. The average Bonchev–Trinajstić information content (AvgIpc) is 3.19. The molecule has 32 heavy (non-hydrogen) atoms. The van der Waals surface area contributed by atoms with Crippen molar-refractivity contribution in [2.75, 3.05) is 24.4 Å². The van der Waals surface area contributed by atoms with Gasteiger partial charge in [-0.05, 0) is 43.2 Å². The van der Waals surface area contributed by atoms with Gasteiger partial charge in [0.25, 0.3) is 5.91 Å². The number of benzene rings is 2. The number of halogens is 1. The molecule has 8 nitrogen and oxygen atoms in total. The normalized spacial score (nSPS) is 15.2. The van der Waals surface area contributed by atoms with E-state index < -0.39 is 6.04 Å². The lowest BCUT2D eigenvalue weighted by atomic mass is 9.95. The highest BCUT2D eigenvalue weighted by molar-refractivity contribution is 9.10. The topological polar surface area (TPSA) is 101 Å². The summed E-state index contributed by atoms with van der Waals surface area (Å²) in [5.74, 6) is 1.49. The van der Waals surface area contributed by atoms with Crippen LogP contribution in [0.2, 0.25) is 0 Å². The third kappa shape index (κ3) is 4.39. The zero-order valence-electron chi connectivity index (χ0n) is 17.8. The molecule has 1 unspecified atom stereocenters. The first kappa shape index (κ1) is 22.0. The third-order valence-electron chi connectivity index (χ3n) is 5.22. The van der Waals surface area contributed by atoms with E-state index in [0.717, 1.165) is 10.0 Å². The van der Waals surface area contributed by atoms with E-state index in [9.17, 15) is 9.90 Å². The second-order valence-corrected chi connectivity index (χ2v) is 8.31. The van der Waals surface area contributed by atoms with Crippen molar-refractivity contribution in [3.8, 4) is 5.75 Å². The summed E-state index contributed by atoms with van der Waals surface area (Å²) in [5.41, 5.74) is 2.70. The van der Waals surface area contributed by atoms with Crippen molar-refractivity contribution in [1.29, 1.82) is 0 Å². The number of ether oxygens (including phenoxy) is 1. The molecular formula is C23H24BrN5O3. The van der Waals surface area contributed by atoms with Crippen LogP contribution in [0.5, 0.6) is 5.75 Å². The van der Waals surface area contributed by atoms with E-state index in [1.807, 2.05) is 43.3 Å². The molecule has 0 aliphatic carbocycles. The van der Waals surface area contributed by atoms with Crippen LogP contribution < -0.4 is 15.4 Å². The first-order chi connectivity index (χ1) is 15.5. The molecule has 166 valence electrons. The lowest BCUT2D eigenvalue weighted by Gasteiger charge is -2.29. The van der Waals surface area contributed by atoms with Gasteiger partial charge in [-0.15, -0.1) is 0 Å². The van der Waals surface area contributed by atoms with E-state index in [1.165, 1.54) is 0 Å². The molecule has 0 saturated heterocycles. The molecule has 9 heteroatoms. The van der Waals surface area contributed by atoms with Crippen LogP contribution >= 0.6 is 15.9 Å². The molecule has 4 rings (SSSR count). The number of para-hydroxylation sites is 2. The van der Waals surface area contributed by atoms with Crippen molar-refractivity contribution in [3.05, 3.63) is 75.7 Å². The summed E-state index contributed by atoms with van der Waals surface area (Å²) in [6, 6.07) is 14.6. The van der Waals surface area contributed by atoms with Gasteiger partial charge in [-0.1, -0.05) is 40.2 Å². The van der Waals surface area contributed by atoms with Gasteiger partial charge in [0, 0.05) is 23.2 Å². The van der Waals surface area contributed by atoms with Crippen molar-refractivity contribution in [3.63, 3.8) is 0 Å². The van der Waals surface area contributed by atoms with Crippen molar-refractivity contribution >= 4 is 33.5 Å². The van der Waals surface area contributed by atoms with Gasteiger partial charge in [0.15, 0.2) is 5.82 Å². The molecule has 2 heterocycles. The van der Waals surface area contributed by atoms with Gasteiger partial charge in [0.1, 0.15) is 11.8 Å². The number of aromatic nitrogens is 3. The number of amides is 1. The van der Waals surface area contributed by atoms with Crippen LogP contribution in [-0.2, 0) is 11.2 Å². The van der Waals surface area contributed by atoms with E-state index in [0.29, 0.717) is 47.3 Å². The van der Waals surface area contributed by atoms with E-state index in [1.54, 1.807) is 23.9 Å². The Morgan fingerprint density at radius 1 is 1.28 bits per heavy atom. The first-order valence-corrected chi connectivity index (χ1v) is 11.0. The number of aliphatic hydroxyl groups is 1. The van der Waals surface area contributed by atoms with Crippen LogP contribution in [0.3, 0.4) is 0 Å². The molecule has 0 spiro atoms. The Morgan fingerprint density at radius 3 is 2.84 bits per heavy atom. The van der Waals surface area contributed by atoms with Crippen LogP contribution in [0, 0.1) is 0 Å². The summed E-state index contributed by atoms with van der Waals surface area (Å²) in [6.45, 7) is 1.92. The molecular weight excluding hydrogens is 474 g/mol. The molecule has 3 N–H and O–H groups in total. The highest BCUT2D eigenvalue weighted by Crippen LogP contribution is 2.37. The van der Waals surface area contributed by atoms with Crippen molar-refractivity contribution < 1.29 is 14.6 Å². The second kappa shape index (κ2) is 9.54. The van der Waals surface area contributed by atoms with Crippen molar-refractivity contribution in [2.24, 2.45) is 0 Å². The molecule has 1 aliphatic rings. The first-order valence-electron chi connectivity index (χ1n) is 10.3. The minimum absolute atomic E-state index is 0.0657. The fourth-order valence-electron chi connectivity index (χ4n) is 3.75. The molecule has 3 aromatic rings. The largest absolute Gasteiger partial charge is 0.495 e. The number of aliphatic hydroxyl groups excluding tert-OH is 1. The van der Waals surface area contributed by atoms with Crippen LogP contribution in [0.1, 0.15) is 30.8 Å². The number of rotatable bonds is 7. The maximum atomic E-state index is 13.5. The summed E-state index contributed by atoms with van der Waals surface area (Å²) >= 11 is 3.53. The summed E-state index contributed by atoms with van der Waals surface area (Å²) in [5, 5.41) is 20.0. The third-order valence-corrected chi connectivity index (χ3v) is 5.71. The molecule has 1 amide bonds. The lowest BCUT2D eigenvalue weighted by molar-refractivity contribution is -0.113. The summed E-state index contributed by atoms with van der Waals surface area (Å²) < 4.78 is 8.02. The minimum atomic E-state index is -0.478. The van der Waals surface area contributed by atoms with Gasteiger partial charge in [-0.3, -0.25) is 4.79 Å². The van der Waals surface area contributed by atoms with Crippen molar-refractivity contribution in [2.45, 2.75) is 25.8 Å². The number of nitrogens with zero attached hydrogens (tertiary/aromatic N) is 3. The van der Waals surface area contributed by atoms with Gasteiger partial charge in [-0.25, -0.2) is 4.68 Å². The van der Waals surface area contributed by atoms with Gasteiger partial charge in [0.2, 0.25) is 5.95 Å². The quantitative estimate of drug-likeness (QED) is 0.457. The molecule has 2 aromatic carbocycles. The highest BCUT2D eigenvalue weighted by atomic mass is 79.9. The molecule has 1 aromatic heterocycles. The number of methoxy groups -OCH3 is 1. The number of aryl methyl sites for hydroxylation is 1. The van der Waals surface area contributed by atoms with Crippen LogP contribution in [0.15, 0.2) is 64.3 Å². The number of hydrogen-bond donors (Lipinski definition) is 3. The zero-order valence-corrected chi connectivity index (χ0v) is 19.4. The number of anilines is 2. The number of nitrogens with one attached hydrogen (secondary N) is 2. The fourth-order valence-corrected chi connectivity index (χ4v) is 4.17. The van der Waals surface area contributed by atoms with Crippen LogP contribution in [-0.4, -0.2) is 39.5 Å². The summed E-state index contributed by atoms with van der Waals surface area (Å²) in [6.07, 6.45) is 1.11. The average molecular weight is 498 g/mol. The SMILES string of the molecule is COc1ccccc1NC(=O)C1=C(C)Nc2nc(CCCO)nn2C1c1cccc(Br)c1. The monoisotopic (exact) mass is 497 g/mol. The number of fused-ring (bicyclic) bond motifs is 1. The van der Waals surface area contributed by atoms with Gasteiger partial charge < -0.3 is 20.5 Å². The molecule has 0 radical (unpaired) electrons. The Labute approximate surface area is 194 Å². The Kier molecular flexibility index (Phi) is 6.57.